The highest BCUT2D eigenvalue weighted by Gasteiger charge is 2.25. The average molecular weight is 477 g/mol. The highest BCUT2D eigenvalue weighted by molar-refractivity contribution is 9.11. The van der Waals surface area contributed by atoms with E-state index in [-0.39, 0.29) is 4.92 Å². The number of fused-ring (bicyclic) bond motifs is 2. The van der Waals surface area contributed by atoms with Gasteiger partial charge >= 0.3 is 0 Å². The molecule has 0 amide bonds. The standard InChI is InChI=1S/C19H15Br2N3O2/c20-14-3-1-5-16-18(14)11(9-22-16)7-13(24(25)26)8-12-10-23-17-6-2-4-15(21)19(12)17/h1-6,9-10,13,22-23H,7-8H2. The van der Waals surface area contributed by atoms with Crippen LogP contribution >= 0.6 is 31.9 Å². The zero-order valence-corrected chi connectivity index (χ0v) is 16.8. The monoisotopic (exact) mass is 475 g/mol. The Kier molecular flexibility index (Phi) is 4.58. The van der Waals surface area contributed by atoms with E-state index in [1.165, 1.54) is 0 Å². The molecule has 0 spiro atoms. The molecule has 0 radical (unpaired) electrons. The number of hydrogen-bond acceptors (Lipinski definition) is 2. The van der Waals surface area contributed by atoms with Gasteiger partial charge in [0, 0.05) is 60.9 Å². The molecule has 0 aliphatic carbocycles. The summed E-state index contributed by atoms with van der Waals surface area (Å²) >= 11 is 7.11. The van der Waals surface area contributed by atoms with Crippen LogP contribution in [0.2, 0.25) is 0 Å². The Morgan fingerprint density at radius 1 is 0.885 bits per heavy atom. The summed E-state index contributed by atoms with van der Waals surface area (Å²) in [6.07, 6.45) is 4.48. The Hall–Kier alpha value is -2.12. The van der Waals surface area contributed by atoms with Gasteiger partial charge in [-0.3, -0.25) is 10.1 Å². The van der Waals surface area contributed by atoms with Crippen LogP contribution in [0, 0.1) is 10.1 Å². The summed E-state index contributed by atoms with van der Waals surface area (Å²) in [7, 11) is 0. The van der Waals surface area contributed by atoms with Gasteiger partial charge in [0.05, 0.1) is 0 Å². The van der Waals surface area contributed by atoms with Crippen molar-refractivity contribution in [2.75, 3.05) is 0 Å². The number of hydrogen-bond donors (Lipinski definition) is 2. The lowest BCUT2D eigenvalue weighted by molar-refractivity contribution is -0.521. The number of rotatable bonds is 5. The highest BCUT2D eigenvalue weighted by atomic mass is 79.9. The second-order valence-electron chi connectivity index (χ2n) is 6.30. The Bertz CT molecular complexity index is 1030. The third-order valence-electron chi connectivity index (χ3n) is 4.68. The van der Waals surface area contributed by atoms with Crippen LogP contribution in [0.4, 0.5) is 0 Å². The van der Waals surface area contributed by atoms with E-state index in [0.29, 0.717) is 12.8 Å². The molecule has 26 heavy (non-hydrogen) atoms. The average Bonchev–Trinajstić information content (AvgIpc) is 3.20. The number of aromatic nitrogens is 2. The first-order chi connectivity index (χ1) is 12.5. The number of halogens is 2. The molecule has 2 aromatic heterocycles. The third-order valence-corrected chi connectivity index (χ3v) is 6.00. The van der Waals surface area contributed by atoms with Crippen molar-refractivity contribution < 1.29 is 4.92 Å². The van der Waals surface area contributed by atoms with E-state index in [0.717, 1.165) is 41.9 Å². The lowest BCUT2D eigenvalue weighted by atomic mass is 9.99. The second-order valence-corrected chi connectivity index (χ2v) is 8.01. The first-order valence-electron chi connectivity index (χ1n) is 8.17. The molecule has 0 atom stereocenters. The molecular formula is C19H15Br2N3O2. The number of nitro groups is 1. The van der Waals surface area contributed by atoms with Crippen LogP contribution < -0.4 is 0 Å². The summed E-state index contributed by atoms with van der Waals surface area (Å²) in [6.45, 7) is 0. The molecule has 0 saturated heterocycles. The van der Waals surface area contributed by atoms with Crippen molar-refractivity contribution in [2.24, 2.45) is 0 Å². The molecule has 7 heteroatoms. The number of nitrogens with one attached hydrogen (secondary N) is 2. The molecule has 0 aliphatic heterocycles. The normalized spacial score (nSPS) is 11.7. The number of nitrogens with zero attached hydrogens (tertiary/aromatic N) is 1. The van der Waals surface area contributed by atoms with Crippen molar-refractivity contribution >= 4 is 53.7 Å². The van der Waals surface area contributed by atoms with Crippen LogP contribution in [0.15, 0.2) is 57.7 Å². The molecule has 4 aromatic rings. The summed E-state index contributed by atoms with van der Waals surface area (Å²) in [5.41, 5.74) is 3.86. The van der Waals surface area contributed by atoms with Crippen LogP contribution in [0.5, 0.6) is 0 Å². The summed E-state index contributed by atoms with van der Waals surface area (Å²) in [6, 6.07) is 11.0. The van der Waals surface area contributed by atoms with Crippen molar-refractivity contribution in [3.8, 4) is 0 Å². The van der Waals surface area contributed by atoms with Crippen LogP contribution in [0.25, 0.3) is 21.8 Å². The fourth-order valence-corrected chi connectivity index (χ4v) is 4.71. The number of aromatic amines is 2. The molecule has 5 nitrogen and oxygen atoms in total. The van der Waals surface area contributed by atoms with E-state index in [1.807, 2.05) is 48.8 Å². The van der Waals surface area contributed by atoms with Crippen molar-refractivity contribution in [1.82, 2.24) is 9.97 Å². The summed E-state index contributed by atoms with van der Waals surface area (Å²) in [4.78, 5) is 18.0. The smallest absolute Gasteiger partial charge is 0.221 e. The highest BCUT2D eigenvalue weighted by Crippen LogP contribution is 2.31. The molecule has 2 heterocycles. The SMILES string of the molecule is O=[N+]([O-])C(Cc1c[nH]c2cccc(Br)c12)Cc1c[nH]c2cccc(Br)c12. The Morgan fingerprint density at radius 2 is 1.35 bits per heavy atom. The summed E-state index contributed by atoms with van der Waals surface area (Å²) in [5, 5.41) is 13.8. The van der Waals surface area contributed by atoms with E-state index < -0.39 is 6.04 Å². The first kappa shape index (κ1) is 17.3. The molecule has 0 fully saturated rings. The molecule has 0 saturated carbocycles. The van der Waals surface area contributed by atoms with Crippen LogP contribution in [0.3, 0.4) is 0 Å². The van der Waals surface area contributed by atoms with Gasteiger partial charge in [-0.15, -0.1) is 0 Å². The van der Waals surface area contributed by atoms with Gasteiger partial charge in [0.25, 0.3) is 0 Å². The molecule has 4 rings (SSSR count). The van der Waals surface area contributed by atoms with E-state index in [4.69, 9.17) is 0 Å². The van der Waals surface area contributed by atoms with Gasteiger partial charge in [-0.05, 0) is 35.4 Å². The first-order valence-corrected chi connectivity index (χ1v) is 9.75. The van der Waals surface area contributed by atoms with Gasteiger partial charge in [-0.1, -0.05) is 44.0 Å². The van der Waals surface area contributed by atoms with E-state index in [2.05, 4.69) is 41.8 Å². The minimum atomic E-state index is -0.702. The zero-order valence-electron chi connectivity index (χ0n) is 13.6. The lowest BCUT2D eigenvalue weighted by Crippen LogP contribution is -2.24. The maximum Gasteiger partial charge on any atom is 0.221 e. The maximum absolute atomic E-state index is 11.8. The Balaban J connectivity index is 1.69. The van der Waals surface area contributed by atoms with Crippen molar-refractivity contribution in [3.05, 3.63) is 79.0 Å². The summed E-state index contributed by atoms with van der Waals surface area (Å²) in [5.74, 6) is 0. The minimum absolute atomic E-state index is 0.175. The minimum Gasteiger partial charge on any atom is -0.361 e. The van der Waals surface area contributed by atoms with Gasteiger partial charge < -0.3 is 9.97 Å². The fourth-order valence-electron chi connectivity index (χ4n) is 3.47. The fraction of sp³-hybridized carbons (Fsp3) is 0.158. The molecule has 132 valence electrons. The van der Waals surface area contributed by atoms with Crippen molar-refractivity contribution in [3.63, 3.8) is 0 Å². The van der Waals surface area contributed by atoms with Gasteiger partial charge in [0.2, 0.25) is 6.04 Å². The molecule has 2 aromatic carbocycles. The predicted molar refractivity (Wildman–Crippen MR) is 110 cm³/mol. The third kappa shape index (κ3) is 3.05. The van der Waals surface area contributed by atoms with Gasteiger partial charge in [0.15, 0.2) is 0 Å². The van der Waals surface area contributed by atoms with Gasteiger partial charge in [-0.2, -0.15) is 0 Å². The quantitative estimate of drug-likeness (QED) is 0.290. The largest absolute Gasteiger partial charge is 0.361 e. The lowest BCUT2D eigenvalue weighted by Gasteiger charge is -2.10. The Morgan fingerprint density at radius 3 is 1.77 bits per heavy atom. The van der Waals surface area contributed by atoms with Crippen LogP contribution in [-0.2, 0) is 12.8 Å². The zero-order chi connectivity index (χ0) is 18.3. The maximum atomic E-state index is 11.8. The Labute approximate surface area is 166 Å². The number of H-pyrrole nitrogens is 2. The molecule has 0 bridgehead atoms. The van der Waals surface area contributed by atoms with Gasteiger partial charge in [-0.25, -0.2) is 0 Å². The van der Waals surface area contributed by atoms with E-state index >= 15 is 0 Å². The van der Waals surface area contributed by atoms with Crippen molar-refractivity contribution in [2.45, 2.75) is 18.9 Å². The molecule has 0 aliphatic rings. The number of benzene rings is 2. The molecule has 0 unspecified atom stereocenters. The van der Waals surface area contributed by atoms with E-state index in [9.17, 15) is 10.1 Å². The second kappa shape index (κ2) is 6.89. The van der Waals surface area contributed by atoms with Crippen LogP contribution in [0.1, 0.15) is 11.1 Å². The molecular weight excluding hydrogens is 462 g/mol. The summed E-state index contributed by atoms with van der Waals surface area (Å²) < 4.78 is 1.89. The van der Waals surface area contributed by atoms with Gasteiger partial charge in [0.1, 0.15) is 0 Å². The van der Waals surface area contributed by atoms with Crippen molar-refractivity contribution in [1.29, 1.82) is 0 Å². The molecule has 2 N–H and O–H groups in total. The van der Waals surface area contributed by atoms with E-state index in [1.54, 1.807) is 0 Å². The topological polar surface area (TPSA) is 74.7 Å². The predicted octanol–water partition coefficient (Wildman–Crippen LogP) is 5.60. The van der Waals surface area contributed by atoms with Crippen LogP contribution in [-0.4, -0.2) is 20.9 Å².